The summed E-state index contributed by atoms with van der Waals surface area (Å²) >= 11 is 0. The van der Waals surface area contributed by atoms with Crippen molar-refractivity contribution in [1.82, 2.24) is 30.4 Å². The van der Waals surface area contributed by atoms with Crippen molar-refractivity contribution < 1.29 is 38.1 Å². The predicted octanol–water partition coefficient (Wildman–Crippen LogP) is 6.95. The minimum atomic E-state index is -0.734. The number of methoxy groups -OCH3 is 3. The lowest BCUT2D eigenvalue weighted by Crippen LogP contribution is -2.53. The Morgan fingerprint density at radius 3 is 2.21 bits per heavy atom. The van der Waals surface area contributed by atoms with Crippen LogP contribution in [0.3, 0.4) is 0 Å². The Bertz CT molecular complexity index is 2430. The molecule has 0 aliphatic carbocycles. The number of carbonyl (C=O) groups excluding carboxylic acids is 4. The van der Waals surface area contributed by atoms with Crippen LogP contribution in [0.5, 0.6) is 5.75 Å². The number of aliphatic imine (C=N–C) groups is 1. The Morgan fingerprint density at radius 1 is 0.855 bits per heavy atom. The van der Waals surface area contributed by atoms with Crippen molar-refractivity contribution >= 4 is 46.2 Å². The molecular formula is C47H57N7O8. The van der Waals surface area contributed by atoms with E-state index in [1.54, 1.807) is 7.11 Å². The fourth-order valence-corrected chi connectivity index (χ4v) is 9.69. The average Bonchev–Trinajstić information content (AvgIpc) is 4.09. The summed E-state index contributed by atoms with van der Waals surface area (Å²) in [6.45, 7) is 11.7. The molecule has 0 spiro atoms. The van der Waals surface area contributed by atoms with Gasteiger partial charge in [-0.1, -0.05) is 52.8 Å². The van der Waals surface area contributed by atoms with Crippen molar-refractivity contribution in [2.45, 2.75) is 84.7 Å². The predicted molar refractivity (Wildman–Crippen MR) is 234 cm³/mol. The lowest BCUT2D eigenvalue weighted by molar-refractivity contribution is -0.136. The van der Waals surface area contributed by atoms with Gasteiger partial charge in [-0.3, -0.25) is 14.6 Å². The number of hydrogen-bond donors (Lipinski definition) is 3. The molecule has 4 aromatic rings. The maximum atomic E-state index is 14.1. The zero-order valence-electron chi connectivity index (χ0n) is 36.7. The van der Waals surface area contributed by atoms with Gasteiger partial charge in [0.05, 0.1) is 50.5 Å². The molecule has 0 bridgehead atoms. The molecule has 6 atom stereocenters. The molecule has 0 saturated carbocycles. The highest BCUT2D eigenvalue weighted by atomic mass is 16.5. The summed E-state index contributed by atoms with van der Waals surface area (Å²) in [5.41, 5.74) is 7.88. The first-order valence-corrected chi connectivity index (χ1v) is 21.6. The first-order chi connectivity index (χ1) is 29.8. The number of aromatic nitrogens is 2. The molecule has 4 aliphatic heterocycles. The van der Waals surface area contributed by atoms with Gasteiger partial charge in [-0.15, -0.1) is 0 Å². The van der Waals surface area contributed by atoms with Crippen LogP contribution in [0, 0.1) is 23.7 Å². The van der Waals surface area contributed by atoms with Gasteiger partial charge in [0.2, 0.25) is 11.8 Å². The number of benzene rings is 3. The molecule has 3 aromatic carbocycles. The van der Waals surface area contributed by atoms with E-state index in [-0.39, 0.29) is 47.6 Å². The third-order valence-corrected chi connectivity index (χ3v) is 12.9. The number of imidazole rings is 1. The summed E-state index contributed by atoms with van der Waals surface area (Å²) in [4.78, 5) is 69.3. The fraction of sp³-hybridized carbons (Fsp3) is 0.489. The van der Waals surface area contributed by atoms with E-state index in [0.29, 0.717) is 38.5 Å². The van der Waals surface area contributed by atoms with Crippen molar-refractivity contribution in [3.63, 3.8) is 0 Å². The quantitative estimate of drug-likeness (QED) is 0.144. The fourth-order valence-electron chi connectivity index (χ4n) is 9.69. The van der Waals surface area contributed by atoms with Gasteiger partial charge in [0.15, 0.2) is 0 Å². The second-order valence-electron chi connectivity index (χ2n) is 17.9. The number of nitrogens with zero attached hydrogens (tertiary/aromatic N) is 4. The minimum Gasteiger partial charge on any atom is -0.488 e. The van der Waals surface area contributed by atoms with Gasteiger partial charge in [-0.2, -0.15) is 0 Å². The zero-order chi connectivity index (χ0) is 44.0. The molecule has 3 N–H and O–H groups in total. The van der Waals surface area contributed by atoms with E-state index in [0.717, 1.165) is 74.3 Å². The van der Waals surface area contributed by atoms with E-state index < -0.39 is 24.3 Å². The van der Waals surface area contributed by atoms with Gasteiger partial charge >= 0.3 is 12.2 Å². The summed E-state index contributed by atoms with van der Waals surface area (Å²) in [7, 11) is 4.26. The van der Waals surface area contributed by atoms with Crippen molar-refractivity contribution in [3.8, 4) is 28.1 Å². The molecule has 1 aromatic heterocycles. The molecule has 328 valence electrons. The number of rotatable bonds is 11. The number of likely N-dealkylation sites (tertiary alicyclic amines) is 2. The van der Waals surface area contributed by atoms with Crippen LogP contribution >= 0.6 is 0 Å². The Kier molecular flexibility index (Phi) is 12.0. The highest BCUT2D eigenvalue weighted by Gasteiger charge is 2.43. The van der Waals surface area contributed by atoms with Crippen molar-refractivity contribution in [2.75, 3.05) is 41.0 Å². The van der Waals surface area contributed by atoms with E-state index in [9.17, 15) is 19.2 Å². The number of amides is 4. The maximum Gasteiger partial charge on any atom is 0.407 e. The Labute approximate surface area is 361 Å². The van der Waals surface area contributed by atoms with E-state index in [4.69, 9.17) is 28.9 Å². The molecule has 0 radical (unpaired) electrons. The Balaban J connectivity index is 1.02. The number of H-pyrrole nitrogens is 1. The van der Waals surface area contributed by atoms with Crippen LogP contribution in [-0.4, -0.2) is 109 Å². The van der Waals surface area contributed by atoms with E-state index in [2.05, 4.69) is 65.0 Å². The second kappa shape index (κ2) is 17.4. The van der Waals surface area contributed by atoms with Crippen LogP contribution in [0.25, 0.3) is 33.2 Å². The highest BCUT2D eigenvalue weighted by Crippen LogP contribution is 2.45. The minimum absolute atomic E-state index is 0.127. The van der Waals surface area contributed by atoms with Gasteiger partial charge in [0.1, 0.15) is 30.3 Å². The van der Waals surface area contributed by atoms with E-state index in [1.165, 1.54) is 14.2 Å². The molecule has 15 heteroatoms. The van der Waals surface area contributed by atoms with Crippen LogP contribution in [0.15, 0.2) is 53.7 Å². The SMILES string of the molecule is COCC1C[C@@H](C2=Nc3ccc4cc5c(cc4c3C2)OCc2cc(-c3cnc([C@@H]4C[C@H](C)CN4C(=O)[C@@H](NC(=O)OC)C(C)C)[nH]3)ccc2-5)N(C(=O)[C@@H](NC(=O)OC)C(C)C)C1. The summed E-state index contributed by atoms with van der Waals surface area (Å²) in [5.74, 6) is 1.34. The standard InChI is InChI=1S/C47H57N7O8/c1-24(2)41(51-46(57)60-7)44(55)53-20-26(5)13-39(53)43-48-19-37(50-43)29-9-11-31-30(15-29)23-62-40-18-32-28(16-34(31)40)10-12-35-33(32)17-36(49-35)38-14-27(22-59-6)21-54(38)45(56)42(25(3)4)52-47(58)61-8/h9-12,15-16,18-19,24-27,38-39,41-42H,13-14,17,20-23H2,1-8H3,(H,48,50)(H,51,57)(H,52,58)/t26-,27?,38-,39-,41-,42-/m0/s1. The van der Waals surface area contributed by atoms with Crippen LogP contribution in [0.4, 0.5) is 15.3 Å². The lowest BCUT2D eigenvalue weighted by atomic mass is 9.90. The first kappa shape index (κ1) is 42.7. The molecule has 2 fully saturated rings. The van der Waals surface area contributed by atoms with Gasteiger partial charge in [-0.05, 0) is 87.9 Å². The van der Waals surface area contributed by atoms with Crippen molar-refractivity contribution in [2.24, 2.45) is 28.7 Å². The van der Waals surface area contributed by atoms with Crippen LogP contribution < -0.4 is 15.4 Å². The summed E-state index contributed by atoms with van der Waals surface area (Å²) in [6.07, 6.45) is 2.62. The van der Waals surface area contributed by atoms with E-state index >= 15 is 0 Å². The number of nitrogens with one attached hydrogen (secondary N) is 3. The molecule has 4 aliphatic rings. The second-order valence-corrected chi connectivity index (χ2v) is 17.9. The molecule has 62 heavy (non-hydrogen) atoms. The van der Waals surface area contributed by atoms with Crippen LogP contribution in [-0.2, 0) is 36.8 Å². The zero-order valence-corrected chi connectivity index (χ0v) is 36.7. The molecule has 1 unspecified atom stereocenters. The lowest BCUT2D eigenvalue weighted by Gasteiger charge is -2.31. The first-order valence-electron chi connectivity index (χ1n) is 21.6. The normalized spacial score (nSPS) is 21.2. The van der Waals surface area contributed by atoms with Crippen LogP contribution in [0.1, 0.15) is 70.5 Å². The topological polar surface area (TPSA) is 177 Å². The van der Waals surface area contributed by atoms with Gasteiger partial charge in [0.25, 0.3) is 0 Å². The average molecular weight is 848 g/mol. The number of aromatic amines is 1. The Morgan fingerprint density at radius 2 is 1.55 bits per heavy atom. The third-order valence-electron chi connectivity index (χ3n) is 12.9. The molecule has 4 amide bonds. The number of ether oxygens (including phenoxy) is 4. The molecule has 15 nitrogen and oxygen atoms in total. The largest absolute Gasteiger partial charge is 0.488 e. The summed E-state index contributed by atoms with van der Waals surface area (Å²) in [6, 6.07) is 12.9. The van der Waals surface area contributed by atoms with Gasteiger partial charge in [0, 0.05) is 43.8 Å². The van der Waals surface area contributed by atoms with Crippen molar-refractivity contribution in [1.29, 1.82) is 0 Å². The number of hydrogen-bond acceptors (Lipinski definition) is 10. The van der Waals surface area contributed by atoms with Gasteiger partial charge in [-0.25, -0.2) is 14.6 Å². The number of carbonyl (C=O) groups is 4. The summed E-state index contributed by atoms with van der Waals surface area (Å²) < 4.78 is 21.7. The maximum absolute atomic E-state index is 14.1. The molecule has 8 rings (SSSR count). The monoisotopic (exact) mass is 847 g/mol. The van der Waals surface area contributed by atoms with Gasteiger partial charge < -0.3 is 44.4 Å². The number of alkyl carbamates (subject to hydrolysis) is 2. The smallest absolute Gasteiger partial charge is 0.407 e. The van der Waals surface area contributed by atoms with Crippen LogP contribution in [0.2, 0.25) is 0 Å². The highest BCUT2D eigenvalue weighted by molar-refractivity contribution is 6.06. The third kappa shape index (κ3) is 8.10. The van der Waals surface area contributed by atoms with Crippen molar-refractivity contribution in [3.05, 3.63) is 65.6 Å². The summed E-state index contributed by atoms with van der Waals surface area (Å²) in [5, 5.41) is 7.61. The molecule has 5 heterocycles. The Hall–Kier alpha value is -5.96. The van der Waals surface area contributed by atoms with E-state index in [1.807, 2.05) is 43.7 Å². The molecule has 2 saturated heterocycles. The number of fused-ring (bicyclic) bond motifs is 6. The molecular weight excluding hydrogens is 791 g/mol.